The summed E-state index contributed by atoms with van der Waals surface area (Å²) >= 11 is 0. The van der Waals surface area contributed by atoms with E-state index in [1.54, 1.807) is 30.3 Å². The number of hydrogen-bond donors (Lipinski definition) is 2. The summed E-state index contributed by atoms with van der Waals surface area (Å²) in [7, 11) is 0. The van der Waals surface area contributed by atoms with Crippen LogP contribution >= 0.6 is 0 Å². The summed E-state index contributed by atoms with van der Waals surface area (Å²) in [5.74, 6) is -0.226. The predicted octanol–water partition coefficient (Wildman–Crippen LogP) is 5.63. The van der Waals surface area contributed by atoms with Crippen LogP contribution in [-0.4, -0.2) is 21.2 Å². The van der Waals surface area contributed by atoms with Crippen molar-refractivity contribution in [2.24, 2.45) is 0 Å². The zero-order valence-electron chi connectivity index (χ0n) is 16.3. The lowest BCUT2D eigenvalue weighted by Crippen LogP contribution is -1.96. The molecule has 0 radical (unpaired) electrons. The molecule has 0 amide bonds. The van der Waals surface area contributed by atoms with Crippen LogP contribution in [0, 0.1) is 0 Å². The molecule has 152 valence electrons. The van der Waals surface area contributed by atoms with Crippen LogP contribution in [0.1, 0.15) is 15.9 Å². The van der Waals surface area contributed by atoms with Crippen LogP contribution in [-0.2, 0) is 6.61 Å². The first-order chi connectivity index (χ1) is 15.1. The van der Waals surface area contributed by atoms with E-state index in [-0.39, 0.29) is 22.7 Å². The average molecular weight is 411 g/mol. The molecule has 6 nitrogen and oxygen atoms in total. The summed E-state index contributed by atoms with van der Waals surface area (Å²) in [6, 6.07) is 23.5. The van der Waals surface area contributed by atoms with Gasteiger partial charge in [0.25, 0.3) is 0 Å². The highest BCUT2D eigenvalue weighted by atomic mass is 16.5. The molecule has 31 heavy (non-hydrogen) atoms. The van der Waals surface area contributed by atoms with Crippen molar-refractivity contribution in [2.45, 2.75) is 6.61 Å². The number of phenolic OH excluding ortho intramolecular Hbond substituents is 1. The van der Waals surface area contributed by atoms with E-state index in [2.05, 4.69) is 4.98 Å². The van der Waals surface area contributed by atoms with Gasteiger partial charge in [0.05, 0.1) is 11.1 Å². The van der Waals surface area contributed by atoms with Crippen molar-refractivity contribution in [1.82, 2.24) is 4.98 Å². The van der Waals surface area contributed by atoms with E-state index in [1.807, 2.05) is 42.5 Å². The third kappa shape index (κ3) is 3.44. The summed E-state index contributed by atoms with van der Waals surface area (Å²) in [6.07, 6.45) is 0. The lowest BCUT2D eigenvalue weighted by Gasteiger charge is -2.09. The van der Waals surface area contributed by atoms with Gasteiger partial charge in [-0.1, -0.05) is 42.5 Å². The van der Waals surface area contributed by atoms with Gasteiger partial charge in [-0.25, -0.2) is 9.78 Å². The summed E-state index contributed by atoms with van der Waals surface area (Å²) in [4.78, 5) is 15.8. The maximum Gasteiger partial charge on any atom is 0.338 e. The van der Waals surface area contributed by atoms with Gasteiger partial charge in [0.1, 0.15) is 23.6 Å². The number of nitrogens with zero attached hydrogens (tertiary/aromatic N) is 1. The number of aromatic nitrogens is 1. The standard InChI is InChI=1S/C25H17NO5/c27-23-18-12-10-17(30-14-15-5-2-1-3-6-15)13-16(18)9-11-20(23)24-26-22-19(25(28)29)7-4-8-21(22)31-24/h1-13,27H,14H2,(H,28,29). The summed E-state index contributed by atoms with van der Waals surface area (Å²) in [5, 5.41) is 21.6. The Balaban J connectivity index is 1.50. The number of phenols is 1. The second-order valence-electron chi connectivity index (χ2n) is 7.10. The number of carboxylic acids is 1. The molecule has 0 bridgehead atoms. The second-order valence-corrected chi connectivity index (χ2v) is 7.10. The monoisotopic (exact) mass is 411 g/mol. The van der Waals surface area contributed by atoms with Crippen molar-refractivity contribution < 1.29 is 24.2 Å². The van der Waals surface area contributed by atoms with Crippen LogP contribution in [0.25, 0.3) is 33.3 Å². The number of hydrogen-bond acceptors (Lipinski definition) is 5. The topological polar surface area (TPSA) is 92.8 Å². The largest absolute Gasteiger partial charge is 0.506 e. The Labute approximate surface area is 177 Å². The minimum atomic E-state index is -1.09. The molecule has 0 unspecified atom stereocenters. The van der Waals surface area contributed by atoms with E-state index in [1.165, 1.54) is 6.07 Å². The van der Waals surface area contributed by atoms with Crippen LogP contribution in [0.2, 0.25) is 0 Å². The van der Waals surface area contributed by atoms with E-state index in [9.17, 15) is 15.0 Å². The number of rotatable bonds is 5. The fourth-order valence-corrected chi connectivity index (χ4v) is 3.53. The molecule has 1 aromatic heterocycles. The number of carbonyl (C=O) groups is 1. The molecule has 0 fully saturated rings. The van der Waals surface area contributed by atoms with Crippen molar-refractivity contribution in [3.05, 3.63) is 90.0 Å². The molecule has 0 aliphatic heterocycles. The van der Waals surface area contributed by atoms with Gasteiger partial charge in [-0.05, 0) is 47.3 Å². The van der Waals surface area contributed by atoms with Crippen LogP contribution in [0.4, 0.5) is 0 Å². The van der Waals surface area contributed by atoms with Crippen molar-refractivity contribution in [2.75, 3.05) is 0 Å². The molecule has 4 aromatic carbocycles. The number of para-hydroxylation sites is 1. The van der Waals surface area contributed by atoms with E-state index < -0.39 is 5.97 Å². The number of aromatic carboxylic acids is 1. The van der Waals surface area contributed by atoms with Gasteiger partial charge in [0.15, 0.2) is 5.58 Å². The highest BCUT2D eigenvalue weighted by Gasteiger charge is 2.18. The molecule has 0 saturated heterocycles. The van der Waals surface area contributed by atoms with Crippen LogP contribution in [0.15, 0.2) is 83.3 Å². The van der Waals surface area contributed by atoms with E-state index >= 15 is 0 Å². The first-order valence-electron chi connectivity index (χ1n) is 9.66. The first-order valence-corrected chi connectivity index (χ1v) is 9.66. The molecule has 1 heterocycles. The number of oxazole rings is 1. The minimum Gasteiger partial charge on any atom is -0.506 e. The zero-order valence-corrected chi connectivity index (χ0v) is 16.3. The molecule has 0 aliphatic rings. The lowest BCUT2D eigenvalue weighted by molar-refractivity contribution is 0.0699. The van der Waals surface area contributed by atoms with Gasteiger partial charge in [0.2, 0.25) is 5.89 Å². The van der Waals surface area contributed by atoms with E-state index in [0.29, 0.717) is 28.9 Å². The van der Waals surface area contributed by atoms with Gasteiger partial charge in [0, 0.05) is 5.39 Å². The maximum absolute atomic E-state index is 11.4. The average Bonchev–Trinajstić information content (AvgIpc) is 3.22. The summed E-state index contributed by atoms with van der Waals surface area (Å²) in [5.41, 5.74) is 2.09. The Hall–Kier alpha value is -4.32. The molecule has 0 saturated carbocycles. The molecule has 5 aromatic rings. The molecular weight excluding hydrogens is 394 g/mol. The normalized spacial score (nSPS) is 11.1. The Bertz CT molecular complexity index is 1420. The number of benzene rings is 4. The van der Waals surface area contributed by atoms with E-state index in [4.69, 9.17) is 9.15 Å². The molecule has 5 rings (SSSR count). The Kier molecular flexibility index (Phi) is 4.52. The van der Waals surface area contributed by atoms with Crippen molar-refractivity contribution in [3.63, 3.8) is 0 Å². The van der Waals surface area contributed by atoms with Gasteiger partial charge >= 0.3 is 5.97 Å². The minimum absolute atomic E-state index is 0.00976. The molecule has 6 heteroatoms. The van der Waals surface area contributed by atoms with Crippen molar-refractivity contribution in [3.8, 4) is 23.0 Å². The van der Waals surface area contributed by atoms with E-state index in [0.717, 1.165) is 10.9 Å². The quantitative estimate of drug-likeness (QED) is 0.389. The van der Waals surface area contributed by atoms with Crippen molar-refractivity contribution in [1.29, 1.82) is 0 Å². The highest BCUT2D eigenvalue weighted by Crippen LogP contribution is 2.38. The third-order valence-corrected chi connectivity index (χ3v) is 5.09. The molecule has 0 aliphatic carbocycles. The van der Waals surface area contributed by atoms with Crippen LogP contribution in [0.3, 0.4) is 0 Å². The zero-order chi connectivity index (χ0) is 21.4. The van der Waals surface area contributed by atoms with Gasteiger partial charge in [-0.3, -0.25) is 0 Å². The predicted molar refractivity (Wildman–Crippen MR) is 116 cm³/mol. The fourth-order valence-electron chi connectivity index (χ4n) is 3.53. The second kappa shape index (κ2) is 7.50. The van der Waals surface area contributed by atoms with Gasteiger partial charge in [-0.15, -0.1) is 0 Å². The van der Waals surface area contributed by atoms with Crippen LogP contribution in [0.5, 0.6) is 11.5 Å². The van der Waals surface area contributed by atoms with Gasteiger partial charge < -0.3 is 19.4 Å². The SMILES string of the molecule is O=C(O)c1cccc2oc(-c3ccc4cc(OCc5ccccc5)ccc4c3O)nc12. The third-order valence-electron chi connectivity index (χ3n) is 5.09. The number of ether oxygens (including phenoxy) is 1. The molecule has 0 atom stereocenters. The van der Waals surface area contributed by atoms with Crippen LogP contribution < -0.4 is 4.74 Å². The maximum atomic E-state index is 11.4. The first kappa shape index (κ1) is 18.7. The van der Waals surface area contributed by atoms with Crippen molar-refractivity contribution >= 4 is 27.8 Å². The molecule has 0 spiro atoms. The summed E-state index contributed by atoms with van der Waals surface area (Å²) in [6.45, 7) is 0.450. The Morgan fingerprint density at radius 3 is 2.61 bits per heavy atom. The number of carboxylic acid groups (broad SMARTS) is 1. The highest BCUT2D eigenvalue weighted by molar-refractivity contribution is 6.01. The number of fused-ring (bicyclic) bond motifs is 2. The Morgan fingerprint density at radius 2 is 1.81 bits per heavy atom. The Morgan fingerprint density at radius 1 is 0.968 bits per heavy atom. The van der Waals surface area contributed by atoms with Gasteiger partial charge in [-0.2, -0.15) is 0 Å². The summed E-state index contributed by atoms with van der Waals surface area (Å²) < 4.78 is 11.6. The molecule has 2 N–H and O–H groups in total. The fraction of sp³-hybridized carbons (Fsp3) is 0.0400. The lowest BCUT2D eigenvalue weighted by atomic mass is 10.0. The smallest absolute Gasteiger partial charge is 0.338 e. The number of aromatic hydroxyl groups is 1. The molecular formula is C25H17NO5.